The molecule has 0 fully saturated rings. The van der Waals surface area contributed by atoms with Crippen molar-refractivity contribution < 1.29 is 26.7 Å². The lowest BCUT2D eigenvalue weighted by atomic mass is 10.1. The van der Waals surface area contributed by atoms with E-state index in [4.69, 9.17) is 5.26 Å². The fourth-order valence-corrected chi connectivity index (χ4v) is 0.918. The molecule has 0 aliphatic heterocycles. The number of carbonyl (C=O) groups excluding carboxylic acids is 1. The highest BCUT2D eigenvalue weighted by molar-refractivity contribution is 5.95. The largest absolute Gasteiger partial charge is 0.270 e. The smallest absolute Gasteiger partial charge is 0.268 e. The van der Waals surface area contributed by atoms with Crippen LogP contribution in [-0.4, -0.2) is 5.91 Å². The zero-order valence-electron chi connectivity index (χ0n) is 7.25. The summed E-state index contributed by atoms with van der Waals surface area (Å²) in [5, 5.41) is 9.23. The molecule has 8 heteroatoms. The fourth-order valence-electron chi connectivity index (χ4n) is 0.918. The molecule has 16 heavy (non-hydrogen) atoms. The van der Waals surface area contributed by atoms with Crippen LogP contribution < -0.4 is 5.32 Å². The van der Waals surface area contributed by atoms with E-state index in [2.05, 4.69) is 0 Å². The fraction of sp³-hybridized carbons (Fsp3) is 0. The molecule has 1 aromatic carbocycles. The van der Waals surface area contributed by atoms with E-state index in [0.29, 0.717) is 0 Å². The van der Waals surface area contributed by atoms with Crippen molar-refractivity contribution in [2.75, 3.05) is 0 Å². The predicted molar refractivity (Wildman–Crippen MR) is 39.3 cm³/mol. The van der Waals surface area contributed by atoms with Crippen molar-refractivity contribution >= 4 is 5.91 Å². The van der Waals surface area contributed by atoms with E-state index in [0.717, 1.165) is 6.19 Å². The molecule has 0 saturated heterocycles. The van der Waals surface area contributed by atoms with Gasteiger partial charge in [-0.2, -0.15) is 5.26 Å². The zero-order valence-corrected chi connectivity index (χ0v) is 7.25. The molecular formula is C8HF5N2O. The van der Waals surface area contributed by atoms with Crippen LogP contribution in [0.1, 0.15) is 10.4 Å². The lowest BCUT2D eigenvalue weighted by Crippen LogP contribution is -2.22. The number of carbonyl (C=O) groups is 1. The number of rotatable bonds is 1. The van der Waals surface area contributed by atoms with Gasteiger partial charge in [0.15, 0.2) is 29.5 Å². The minimum absolute atomic E-state index is 1.00. The van der Waals surface area contributed by atoms with Gasteiger partial charge in [-0.1, -0.05) is 0 Å². The Hall–Kier alpha value is -2.17. The number of halogens is 5. The van der Waals surface area contributed by atoms with Crippen LogP contribution in [0.5, 0.6) is 0 Å². The maximum Gasteiger partial charge on any atom is 0.270 e. The molecule has 0 aliphatic rings. The van der Waals surface area contributed by atoms with E-state index in [1.54, 1.807) is 0 Å². The van der Waals surface area contributed by atoms with E-state index in [1.807, 2.05) is 0 Å². The van der Waals surface area contributed by atoms with E-state index < -0.39 is 40.6 Å². The minimum atomic E-state index is -2.37. The molecule has 84 valence electrons. The molecule has 0 atom stereocenters. The molecule has 0 spiro atoms. The average molecular weight is 236 g/mol. The van der Waals surface area contributed by atoms with Gasteiger partial charge in [0.05, 0.1) is 0 Å². The maximum absolute atomic E-state index is 12.9. The third-order valence-electron chi connectivity index (χ3n) is 1.61. The molecule has 1 amide bonds. The Balaban J connectivity index is 3.53. The summed E-state index contributed by atoms with van der Waals surface area (Å²) in [6, 6.07) is 0. The minimum Gasteiger partial charge on any atom is -0.268 e. The third-order valence-corrected chi connectivity index (χ3v) is 1.61. The van der Waals surface area contributed by atoms with Crippen LogP contribution >= 0.6 is 0 Å². The number of benzene rings is 1. The molecule has 0 heterocycles. The highest BCUT2D eigenvalue weighted by Crippen LogP contribution is 2.22. The van der Waals surface area contributed by atoms with Crippen LogP contribution in [0.4, 0.5) is 22.0 Å². The van der Waals surface area contributed by atoms with Gasteiger partial charge < -0.3 is 0 Å². The van der Waals surface area contributed by atoms with E-state index in [-0.39, 0.29) is 0 Å². The number of hydrogen-bond acceptors (Lipinski definition) is 2. The Kier molecular flexibility index (Phi) is 3.08. The Morgan fingerprint density at radius 2 is 1.31 bits per heavy atom. The molecule has 1 N–H and O–H groups in total. The number of hydrogen-bond donors (Lipinski definition) is 1. The first kappa shape index (κ1) is 11.9. The molecule has 0 unspecified atom stereocenters. The summed E-state index contributed by atoms with van der Waals surface area (Å²) in [6.07, 6.45) is 1.00. The number of nitrogens with zero attached hydrogens (tertiary/aromatic N) is 1. The second-order valence-corrected chi connectivity index (χ2v) is 2.51. The summed E-state index contributed by atoms with van der Waals surface area (Å²) in [4.78, 5) is 10.8. The van der Waals surface area contributed by atoms with Gasteiger partial charge in [0.1, 0.15) is 5.56 Å². The molecule has 0 bridgehead atoms. The Bertz CT molecular complexity index is 479. The van der Waals surface area contributed by atoms with Crippen molar-refractivity contribution in [1.82, 2.24) is 5.32 Å². The molecule has 0 aliphatic carbocycles. The lowest BCUT2D eigenvalue weighted by Gasteiger charge is -2.05. The van der Waals surface area contributed by atoms with Crippen molar-refractivity contribution in [3.05, 3.63) is 34.6 Å². The van der Waals surface area contributed by atoms with Crippen LogP contribution in [0.15, 0.2) is 0 Å². The predicted octanol–water partition coefficient (Wildman–Crippen LogP) is 1.59. The SMILES string of the molecule is N#CNC(=O)c1c(F)c(F)c(F)c(F)c1F. The van der Waals surface area contributed by atoms with Gasteiger partial charge in [0.25, 0.3) is 5.91 Å². The topological polar surface area (TPSA) is 52.9 Å². The zero-order chi connectivity index (χ0) is 12.5. The van der Waals surface area contributed by atoms with Crippen molar-refractivity contribution in [3.8, 4) is 6.19 Å². The van der Waals surface area contributed by atoms with Crippen molar-refractivity contribution in [2.24, 2.45) is 0 Å². The Morgan fingerprint density at radius 1 is 0.938 bits per heavy atom. The van der Waals surface area contributed by atoms with E-state index >= 15 is 0 Å². The van der Waals surface area contributed by atoms with E-state index in [9.17, 15) is 26.7 Å². The van der Waals surface area contributed by atoms with Crippen LogP contribution in [0.2, 0.25) is 0 Å². The first-order chi connectivity index (χ1) is 7.41. The first-order valence-electron chi connectivity index (χ1n) is 3.62. The van der Waals surface area contributed by atoms with Crippen molar-refractivity contribution in [2.45, 2.75) is 0 Å². The molecular weight excluding hydrogens is 235 g/mol. The summed E-state index contributed by atoms with van der Waals surface area (Å²) in [7, 11) is 0. The molecule has 0 aromatic heterocycles. The average Bonchev–Trinajstić information content (AvgIpc) is 2.24. The Morgan fingerprint density at radius 3 is 1.69 bits per heavy atom. The van der Waals surface area contributed by atoms with Gasteiger partial charge in [-0.3, -0.25) is 10.1 Å². The highest BCUT2D eigenvalue weighted by atomic mass is 19.2. The quantitative estimate of drug-likeness (QED) is 0.264. The third kappa shape index (κ3) is 1.67. The van der Waals surface area contributed by atoms with Gasteiger partial charge in [-0.25, -0.2) is 22.0 Å². The maximum atomic E-state index is 12.9. The van der Waals surface area contributed by atoms with Gasteiger partial charge in [-0.05, 0) is 0 Å². The summed E-state index contributed by atoms with van der Waals surface area (Å²) in [6.45, 7) is 0. The first-order valence-corrected chi connectivity index (χ1v) is 3.62. The normalized spacial score (nSPS) is 9.75. The van der Waals surface area contributed by atoms with Gasteiger partial charge in [-0.15, -0.1) is 0 Å². The van der Waals surface area contributed by atoms with Crippen molar-refractivity contribution in [3.63, 3.8) is 0 Å². The standard InChI is InChI=1S/C8HF5N2O/c9-3-2(8(16)15-1-14)4(10)6(12)7(13)5(3)11/h(H,15,16). The van der Waals surface area contributed by atoms with Crippen LogP contribution in [-0.2, 0) is 0 Å². The molecule has 3 nitrogen and oxygen atoms in total. The second kappa shape index (κ2) is 4.14. The van der Waals surface area contributed by atoms with Crippen LogP contribution in [0, 0.1) is 40.5 Å². The molecule has 1 rings (SSSR count). The highest BCUT2D eigenvalue weighted by Gasteiger charge is 2.29. The summed E-state index contributed by atoms with van der Waals surface area (Å²) in [5.74, 6) is -13.2. The number of amides is 1. The Labute approximate surface area is 85.1 Å². The number of nitrogens with one attached hydrogen (secondary N) is 1. The number of nitriles is 1. The van der Waals surface area contributed by atoms with Crippen LogP contribution in [0.3, 0.4) is 0 Å². The summed E-state index contributed by atoms with van der Waals surface area (Å²) in [5.41, 5.74) is -1.70. The van der Waals surface area contributed by atoms with Gasteiger partial charge in [0, 0.05) is 0 Å². The monoisotopic (exact) mass is 236 g/mol. The van der Waals surface area contributed by atoms with E-state index in [1.165, 1.54) is 5.32 Å². The second-order valence-electron chi connectivity index (χ2n) is 2.51. The van der Waals surface area contributed by atoms with Crippen molar-refractivity contribution in [1.29, 1.82) is 5.26 Å². The van der Waals surface area contributed by atoms with Gasteiger partial charge in [0.2, 0.25) is 5.82 Å². The van der Waals surface area contributed by atoms with Gasteiger partial charge >= 0.3 is 0 Å². The van der Waals surface area contributed by atoms with Crippen LogP contribution in [0.25, 0.3) is 0 Å². The molecule has 0 radical (unpaired) electrons. The summed E-state index contributed by atoms with van der Waals surface area (Å²) < 4.78 is 63.5. The summed E-state index contributed by atoms with van der Waals surface area (Å²) >= 11 is 0. The molecule has 0 saturated carbocycles. The molecule has 1 aromatic rings. The lowest BCUT2D eigenvalue weighted by molar-refractivity contribution is 0.0961.